The molecule has 3 saturated heterocycles. The molecule has 0 radical (unpaired) electrons. The fourth-order valence-corrected chi connectivity index (χ4v) is 3.42. The lowest BCUT2D eigenvalue weighted by atomic mass is 9.87. The maximum Gasteiger partial charge on any atom is 0.225 e. The number of aromatic nitrogens is 3. The van der Waals surface area contributed by atoms with Crippen LogP contribution in [0.2, 0.25) is 0 Å². The van der Waals surface area contributed by atoms with Crippen molar-refractivity contribution < 1.29 is 0 Å². The highest BCUT2D eigenvalue weighted by molar-refractivity contribution is 5.56. The predicted octanol–water partition coefficient (Wildman–Crippen LogP) is 1.52. The first-order valence-corrected chi connectivity index (χ1v) is 7.43. The Hall–Kier alpha value is -2.68. The van der Waals surface area contributed by atoms with Crippen LogP contribution in [0.1, 0.15) is 17.8 Å². The van der Waals surface area contributed by atoms with Crippen molar-refractivity contribution in [2.24, 2.45) is 0 Å². The molecule has 3 aliphatic heterocycles. The number of hydrogen-bond donors (Lipinski definition) is 0. The first kappa shape index (κ1) is 13.0. The molecule has 2 atom stereocenters. The number of piperazine rings is 1. The number of nitrogens with zero attached hydrogens (tertiary/aromatic N) is 6. The zero-order valence-corrected chi connectivity index (χ0v) is 12.3. The smallest absolute Gasteiger partial charge is 0.225 e. The maximum atomic E-state index is 9.00. The molecule has 0 spiro atoms. The summed E-state index contributed by atoms with van der Waals surface area (Å²) in [5, 5.41) is 9.00. The summed E-state index contributed by atoms with van der Waals surface area (Å²) in [4.78, 5) is 17.6. The largest absolute Gasteiger partial charge is 0.362 e. The van der Waals surface area contributed by atoms with E-state index in [1.54, 1.807) is 6.20 Å². The Morgan fingerprint density at radius 3 is 2.68 bits per heavy atom. The van der Waals surface area contributed by atoms with Crippen LogP contribution in [0.4, 0.5) is 11.6 Å². The Bertz CT molecular complexity index is 740. The van der Waals surface area contributed by atoms with Crippen molar-refractivity contribution in [1.82, 2.24) is 15.0 Å². The Kier molecular flexibility index (Phi) is 2.93. The van der Waals surface area contributed by atoms with Gasteiger partial charge in [-0.15, -0.1) is 0 Å². The van der Waals surface area contributed by atoms with Crippen LogP contribution in [0.25, 0.3) is 0 Å². The van der Waals surface area contributed by atoms with Crippen molar-refractivity contribution in [2.75, 3.05) is 22.9 Å². The molecule has 0 saturated carbocycles. The Balaban J connectivity index is 1.54. The average molecular weight is 292 g/mol. The molecule has 3 aliphatic rings. The van der Waals surface area contributed by atoms with Gasteiger partial charge in [0, 0.05) is 48.9 Å². The number of piperidine rings is 1. The third-order valence-electron chi connectivity index (χ3n) is 4.41. The molecule has 6 nitrogen and oxygen atoms in total. The maximum absolute atomic E-state index is 9.00. The molecule has 2 unspecified atom stereocenters. The summed E-state index contributed by atoms with van der Waals surface area (Å²) in [6, 6.07) is 8.79. The number of nitriles is 1. The third-order valence-corrected chi connectivity index (χ3v) is 4.41. The van der Waals surface area contributed by atoms with E-state index in [0.717, 1.165) is 30.4 Å². The van der Waals surface area contributed by atoms with Crippen LogP contribution < -0.4 is 9.80 Å². The normalized spacial score (nSPS) is 22.9. The molecule has 110 valence electrons. The van der Waals surface area contributed by atoms with E-state index in [0.29, 0.717) is 17.8 Å². The molecule has 3 fully saturated rings. The van der Waals surface area contributed by atoms with E-state index in [1.807, 2.05) is 31.3 Å². The summed E-state index contributed by atoms with van der Waals surface area (Å²) < 4.78 is 0. The average Bonchev–Trinajstić information content (AvgIpc) is 2.55. The number of fused-ring (bicyclic) bond motifs is 2. The quantitative estimate of drug-likeness (QED) is 0.836. The minimum absolute atomic E-state index is 0.455. The van der Waals surface area contributed by atoms with Crippen molar-refractivity contribution in [1.29, 1.82) is 5.26 Å². The fourth-order valence-electron chi connectivity index (χ4n) is 3.42. The van der Waals surface area contributed by atoms with Crippen LogP contribution >= 0.6 is 0 Å². The third kappa shape index (κ3) is 2.06. The van der Waals surface area contributed by atoms with Gasteiger partial charge in [-0.1, -0.05) is 0 Å². The van der Waals surface area contributed by atoms with Crippen molar-refractivity contribution in [3.05, 3.63) is 42.0 Å². The molecular formula is C16H16N6. The topological polar surface area (TPSA) is 68.9 Å². The number of rotatable bonds is 2. The van der Waals surface area contributed by atoms with E-state index in [2.05, 4.69) is 30.8 Å². The molecule has 0 amide bonds. The molecule has 22 heavy (non-hydrogen) atoms. The van der Waals surface area contributed by atoms with Crippen LogP contribution in [-0.4, -0.2) is 40.1 Å². The molecule has 0 aromatic carbocycles. The Labute approximate surface area is 129 Å². The number of anilines is 2. The van der Waals surface area contributed by atoms with Crippen LogP contribution in [0.3, 0.4) is 0 Å². The monoisotopic (exact) mass is 292 g/mol. The number of aryl methyl sites for hydroxylation is 1. The van der Waals surface area contributed by atoms with Crippen LogP contribution in [0.15, 0.2) is 30.6 Å². The summed E-state index contributed by atoms with van der Waals surface area (Å²) in [6.07, 6.45) is 4.72. The Morgan fingerprint density at radius 2 is 1.95 bits per heavy atom. The second-order valence-corrected chi connectivity index (χ2v) is 5.86. The highest BCUT2D eigenvalue weighted by atomic mass is 15.4. The Morgan fingerprint density at radius 1 is 1.18 bits per heavy atom. The van der Waals surface area contributed by atoms with Gasteiger partial charge in [0.2, 0.25) is 5.95 Å². The van der Waals surface area contributed by atoms with E-state index >= 15 is 0 Å². The van der Waals surface area contributed by atoms with E-state index in [1.165, 1.54) is 6.42 Å². The second kappa shape index (κ2) is 4.95. The SMILES string of the molecule is Cc1ccnc(N2CC3CC(C2)N3c2ccnc(C#N)c2)n1. The lowest BCUT2D eigenvalue weighted by Gasteiger charge is -2.57. The molecule has 2 aromatic rings. The molecular weight excluding hydrogens is 276 g/mol. The second-order valence-electron chi connectivity index (χ2n) is 5.86. The van der Waals surface area contributed by atoms with Gasteiger partial charge in [-0.2, -0.15) is 5.26 Å². The first-order chi connectivity index (χ1) is 10.7. The fraction of sp³-hybridized carbons (Fsp3) is 0.375. The van der Waals surface area contributed by atoms with Crippen LogP contribution in [0, 0.1) is 18.3 Å². The van der Waals surface area contributed by atoms with Crippen molar-refractivity contribution >= 4 is 11.6 Å². The van der Waals surface area contributed by atoms with Gasteiger partial charge in [0.15, 0.2) is 0 Å². The van der Waals surface area contributed by atoms with Gasteiger partial charge < -0.3 is 9.80 Å². The van der Waals surface area contributed by atoms with E-state index < -0.39 is 0 Å². The van der Waals surface area contributed by atoms with Gasteiger partial charge >= 0.3 is 0 Å². The van der Waals surface area contributed by atoms with E-state index in [4.69, 9.17) is 5.26 Å². The van der Waals surface area contributed by atoms with E-state index in [-0.39, 0.29) is 0 Å². The van der Waals surface area contributed by atoms with E-state index in [9.17, 15) is 0 Å². The highest BCUT2D eigenvalue weighted by Crippen LogP contribution is 2.37. The van der Waals surface area contributed by atoms with Crippen LogP contribution in [0.5, 0.6) is 0 Å². The lowest BCUT2D eigenvalue weighted by Crippen LogP contribution is -2.69. The predicted molar refractivity (Wildman–Crippen MR) is 82.6 cm³/mol. The van der Waals surface area contributed by atoms with Crippen molar-refractivity contribution in [3.63, 3.8) is 0 Å². The lowest BCUT2D eigenvalue weighted by molar-refractivity contribution is 0.289. The summed E-state index contributed by atoms with van der Waals surface area (Å²) in [6.45, 7) is 3.83. The van der Waals surface area contributed by atoms with Gasteiger partial charge in [-0.3, -0.25) is 0 Å². The van der Waals surface area contributed by atoms with Crippen molar-refractivity contribution in [3.8, 4) is 6.07 Å². The van der Waals surface area contributed by atoms with Gasteiger partial charge in [0.05, 0.1) is 0 Å². The summed E-state index contributed by atoms with van der Waals surface area (Å²) in [7, 11) is 0. The van der Waals surface area contributed by atoms with Gasteiger partial charge in [0.1, 0.15) is 11.8 Å². The number of hydrogen-bond acceptors (Lipinski definition) is 6. The molecule has 5 heterocycles. The molecule has 2 bridgehead atoms. The molecule has 5 rings (SSSR count). The van der Waals surface area contributed by atoms with Crippen molar-refractivity contribution in [2.45, 2.75) is 25.4 Å². The van der Waals surface area contributed by atoms with Gasteiger partial charge in [-0.25, -0.2) is 15.0 Å². The summed E-state index contributed by atoms with van der Waals surface area (Å²) in [5.41, 5.74) is 2.56. The zero-order valence-electron chi connectivity index (χ0n) is 12.3. The molecule has 2 aromatic heterocycles. The van der Waals surface area contributed by atoms with Crippen LogP contribution in [-0.2, 0) is 0 Å². The standard InChI is InChI=1S/C16H16N6/c1-11-2-4-19-16(20-11)21-9-14-7-15(10-21)22(14)13-3-5-18-12(6-13)8-17/h2-6,14-15H,7,9-10H2,1H3. The number of pyridine rings is 1. The highest BCUT2D eigenvalue weighted by Gasteiger charge is 2.45. The van der Waals surface area contributed by atoms with Gasteiger partial charge in [0.25, 0.3) is 0 Å². The minimum Gasteiger partial charge on any atom is -0.362 e. The first-order valence-electron chi connectivity index (χ1n) is 7.43. The molecule has 0 N–H and O–H groups in total. The summed E-state index contributed by atoms with van der Waals surface area (Å²) in [5.74, 6) is 0.821. The molecule has 0 aliphatic carbocycles. The summed E-state index contributed by atoms with van der Waals surface area (Å²) >= 11 is 0. The zero-order chi connectivity index (χ0) is 15.1. The molecule has 6 heteroatoms. The minimum atomic E-state index is 0.455. The van der Waals surface area contributed by atoms with Gasteiger partial charge in [-0.05, 0) is 31.5 Å².